The van der Waals surface area contributed by atoms with Crippen molar-refractivity contribution in [1.29, 1.82) is 0 Å². The van der Waals surface area contributed by atoms with E-state index in [1.165, 1.54) is 18.0 Å². The van der Waals surface area contributed by atoms with Crippen molar-refractivity contribution < 1.29 is 9.80 Å². The van der Waals surface area contributed by atoms with Crippen LogP contribution < -0.4 is 15.4 Å². The van der Waals surface area contributed by atoms with Gasteiger partial charge in [0, 0.05) is 12.3 Å². The molecule has 3 rings (SSSR count). The first kappa shape index (κ1) is 13.3. The number of nitrogens with zero attached hydrogens (tertiary/aromatic N) is 2. The fourth-order valence-corrected chi connectivity index (χ4v) is 2.81. The second-order valence-corrected chi connectivity index (χ2v) is 5.90. The molecular weight excluding hydrogens is 252 g/mol. The molecule has 0 spiro atoms. The average molecular weight is 274 g/mol. The molecule has 20 heavy (non-hydrogen) atoms. The lowest BCUT2D eigenvalue weighted by Crippen LogP contribution is -3.26. The third kappa shape index (κ3) is 2.73. The molecule has 0 amide bonds. The van der Waals surface area contributed by atoms with Gasteiger partial charge in [-0.3, -0.25) is 9.20 Å². The normalized spacial score (nSPS) is 23.1. The highest BCUT2D eigenvalue weighted by Crippen LogP contribution is 2.01. The van der Waals surface area contributed by atoms with Crippen LogP contribution in [0.2, 0.25) is 0 Å². The number of hydrogen-bond acceptors (Lipinski definition) is 2. The van der Waals surface area contributed by atoms with Crippen molar-refractivity contribution in [2.24, 2.45) is 0 Å². The number of nitrogens with one attached hydrogen (secondary N) is 2. The van der Waals surface area contributed by atoms with Crippen molar-refractivity contribution in [2.45, 2.75) is 13.5 Å². The number of pyridine rings is 1. The van der Waals surface area contributed by atoms with Gasteiger partial charge in [0.1, 0.15) is 44.1 Å². The molecule has 5 nitrogen and oxygen atoms in total. The molecule has 1 fully saturated rings. The van der Waals surface area contributed by atoms with Crippen LogP contribution in [-0.4, -0.2) is 42.6 Å². The van der Waals surface area contributed by atoms with Gasteiger partial charge >= 0.3 is 0 Å². The topological polar surface area (TPSA) is 43.2 Å². The maximum absolute atomic E-state index is 12.2. The first-order valence-corrected chi connectivity index (χ1v) is 7.25. The Morgan fingerprint density at radius 1 is 1.25 bits per heavy atom. The summed E-state index contributed by atoms with van der Waals surface area (Å²) in [5.74, 6) is 0. The summed E-state index contributed by atoms with van der Waals surface area (Å²) >= 11 is 0. The van der Waals surface area contributed by atoms with E-state index >= 15 is 0 Å². The summed E-state index contributed by atoms with van der Waals surface area (Å²) in [6.45, 7) is 7.53. The monoisotopic (exact) mass is 274 g/mol. The van der Waals surface area contributed by atoms with Gasteiger partial charge in [-0.25, -0.2) is 4.98 Å². The molecule has 0 unspecified atom stereocenters. The summed E-state index contributed by atoms with van der Waals surface area (Å²) in [6, 6.07) is 5.60. The lowest BCUT2D eigenvalue weighted by Gasteiger charge is -2.26. The van der Waals surface area contributed by atoms with E-state index in [1.54, 1.807) is 15.4 Å². The second-order valence-electron chi connectivity index (χ2n) is 5.90. The van der Waals surface area contributed by atoms with Gasteiger partial charge in [-0.15, -0.1) is 0 Å². The number of rotatable bonds is 2. The maximum Gasteiger partial charge on any atom is 0.258 e. The fraction of sp³-hybridized carbons (Fsp3) is 0.467. The SMILES string of the molecule is Cc1ccc2nc(C[NH+]3CC[NH+](C)CC3)cc(=O)n2c1. The highest BCUT2D eigenvalue weighted by atomic mass is 16.1. The summed E-state index contributed by atoms with van der Waals surface area (Å²) in [5, 5.41) is 0. The number of aromatic nitrogens is 2. The van der Waals surface area contributed by atoms with Crippen LogP contribution in [0.3, 0.4) is 0 Å². The van der Waals surface area contributed by atoms with Crippen molar-refractivity contribution in [3.63, 3.8) is 0 Å². The molecule has 0 radical (unpaired) electrons. The number of likely N-dealkylation sites (N-methyl/N-ethyl adjacent to an activating group) is 1. The minimum absolute atomic E-state index is 0.0212. The molecular formula is C15H22N4O+2. The van der Waals surface area contributed by atoms with Crippen LogP contribution >= 0.6 is 0 Å². The molecule has 2 aromatic rings. The first-order valence-electron chi connectivity index (χ1n) is 7.25. The van der Waals surface area contributed by atoms with Crippen LogP contribution in [0.4, 0.5) is 0 Å². The maximum atomic E-state index is 12.2. The Kier molecular flexibility index (Phi) is 3.54. The molecule has 1 aliphatic rings. The van der Waals surface area contributed by atoms with Gasteiger partial charge in [-0.1, -0.05) is 6.07 Å². The Balaban J connectivity index is 1.85. The van der Waals surface area contributed by atoms with Gasteiger partial charge in [0.25, 0.3) is 5.56 Å². The van der Waals surface area contributed by atoms with Crippen LogP contribution in [0.1, 0.15) is 11.3 Å². The molecule has 0 atom stereocenters. The third-order valence-electron chi connectivity index (χ3n) is 4.10. The van der Waals surface area contributed by atoms with E-state index in [4.69, 9.17) is 0 Å². The van der Waals surface area contributed by atoms with E-state index < -0.39 is 0 Å². The zero-order chi connectivity index (χ0) is 14.1. The van der Waals surface area contributed by atoms with E-state index in [1.807, 2.05) is 25.3 Å². The van der Waals surface area contributed by atoms with Gasteiger partial charge in [-0.2, -0.15) is 0 Å². The smallest absolute Gasteiger partial charge is 0.258 e. The lowest BCUT2D eigenvalue weighted by molar-refractivity contribution is -1.01. The van der Waals surface area contributed by atoms with Crippen molar-refractivity contribution in [2.75, 3.05) is 33.2 Å². The van der Waals surface area contributed by atoms with Crippen molar-refractivity contribution in [1.82, 2.24) is 9.38 Å². The van der Waals surface area contributed by atoms with E-state index in [9.17, 15) is 4.79 Å². The zero-order valence-electron chi connectivity index (χ0n) is 12.1. The molecule has 2 N–H and O–H groups in total. The van der Waals surface area contributed by atoms with Gasteiger partial charge in [-0.05, 0) is 18.6 Å². The molecule has 1 aliphatic heterocycles. The molecule has 106 valence electrons. The Bertz CT molecular complexity index is 671. The molecule has 0 aromatic carbocycles. The number of aryl methyl sites for hydroxylation is 1. The lowest BCUT2D eigenvalue weighted by atomic mass is 10.2. The van der Waals surface area contributed by atoms with Gasteiger partial charge in [0.05, 0.1) is 7.05 Å². The zero-order valence-corrected chi connectivity index (χ0v) is 12.1. The van der Waals surface area contributed by atoms with Crippen LogP contribution in [0, 0.1) is 6.92 Å². The molecule has 0 aliphatic carbocycles. The van der Waals surface area contributed by atoms with Gasteiger partial charge in [0.2, 0.25) is 0 Å². The van der Waals surface area contributed by atoms with Gasteiger partial charge in [0.15, 0.2) is 0 Å². The predicted octanol–water partition coefficient (Wildman–Crippen LogP) is -2.08. The van der Waals surface area contributed by atoms with E-state index in [0.29, 0.717) is 0 Å². The van der Waals surface area contributed by atoms with E-state index in [2.05, 4.69) is 12.0 Å². The molecule has 0 saturated carbocycles. The van der Waals surface area contributed by atoms with Crippen LogP contribution in [-0.2, 0) is 6.54 Å². The Labute approximate surface area is 118 Å². The minimum atomic E-state index is 0.0212. The number of fused-ring (bicyclic) bond motifs is 1. The predicted molar refractivity (Wildman–Crippen MR) is 77.2 cm³/mol. The highest BCUT2D eigenvalue weighted by molar-refractivity contribution is 5.39. The molecule has 2 aromatic heterocycles. The van der Waals surface area contributed by atoms with Crippen LogP contribution in [0.25, 0.3) is 5.65 Å². The summed E-state index contributed by atoms with van der Waals surface area (Å²) < 4.78 is 1.63. The molecule has 5 heteroatoms. The fourth-order valence-electron chi connectivity index (χ4n) is 2.81. The van der Waals surface area contributed by atoms with Crippen molar-refractivity contribution in [3.05, 3.63) is 46.0 Å². The first-order chi connectivity index (χ1) is 9.61. The highest BCUT2D eigenvalue weighted by Gasteiger charge is 2.20. The Hall–Kier alpha value is -1.72. The second kappa shape index (κ2) is 5.34. The third-order valence-corrected chi connectivity index (χ3v) is 4.10. The standard InChI is InChI=1S/C15H20N4O/c1-12-3-4-14-16-13(9-15(20)19(14)10-12)11-18-7-5-17(2)6-8-18/h3-4,9-10H,5-8,11H2,1-2H3/p+2. The largest absolute Gasteiger partial charge is 0.328 e. The summed E-state index contributed by atoms with van der Waals surface area (Å²) in [6.07, 6.45) is 1.85. The molecule has 1 saturated heterocycles. The summed E-state index contributed by atoms with van der Waals surface area (Å²) in [4.78, 5) is 19.9. The van der Waals surface area contributed by atoms with Crippen LogP contribution in [0.15, 0.2) is 29.2 Å². The quantitative estimate of drug-likeness (QED) is 0.660. The average Bonchev–Trinajstić information content (AvgIpc) is 2.42. The van der Waals surface area contributed by atoms with E-state index in [-0.39, 0.29) is 5.56 Å². The summed E-state index contributed by atoms with van der Waals surface area (Å²) in [5.41, 5.74) is 2.75. The minimum Gasteiger partial charge on any atom is -0.328 e. The number of quaternary nitrogens is 2. The molecule has 0 bridgehead atoms. The molecule has 3 heterocycles. The number of piperazine rings is 1. The summed E-state index contributed by atoms with van der Waals surface area (Å²) in [7, 11) is 2.24. The number of hydrogen-bond donors (Lipinski definition) is 2. The van der Waals surface area contributed by atoms with Crippen molar-refractivity contribution >= 4 is 5.65 Å². The Morgan fingerprint density at radius 3 is 2.75 bits per heavy atom. The van der Waals surface area contributed by atoms with Crippen molar-refractivity contribution in [3.8, 4) is 0 Å². The van der Waals surface area contributed by atoms with Crippen LogP contribution in [0.5, 0.6) is 0 Å². The Morgan fingerprint density at radius 2 is 2.00 bits per heavy atom. The van der Waals surface area contributed by atoms with E-state index in [0.717, 1.165) is 36.5 Å². The van der Waals surface area contributed by atoms with Gasteiger partial charge < -0.3 is 9.80 Å².